The van der Waals surface area contributed by atoms with Crippen molar-refractivity contribution in [3.63, 3.8) is 0 Å². The number of nitro groups is 1. The van der Waals surface area contributed by atoms with Gasteiger partial charge >= 0.3 is 162 Å². The van der Waals surface area contributed by atoms with Gasteiger partial charge in [0.2, 0.25) is 0 Å². The molecule has 0 heterocycles. The van der Waals surface area contributed by atoms with E-state index in [0.29, 0.717) is 7.14 Å². The summed E-state index contributed by atoms with van der Waals surface area (Å²) in [5, 5.41) is 10.8. The normalized spacial score (nSPS) is 12.4. The Hall–Kier alpha value is -2.17. The van der Waals surface area contributed by atoms with Gasteiger partial charge in [-0.3, -0.25) is 0 Å². The number of non-ortho nitro benzene ring substituents is 1. The minimum absolute atomic E-state index is 0.145. The summed E-state index contributed by atoms with van der Waals surface area (Å²) in [7, 11) is 0. The van der Waals surface area contributed by atoms with Crippen molar-refractivity contribution < 1.29 is 26.0 Å². The second-order valence-electron chi connectivity index (χ2n) is 6.60. The summed E-state index contributed by atoms with van der Waals surface area (Å²) in [6.07, 6.45) is -5.11. The molecule has 0 fully saturated rings. The van der Waals surface area contributed by atoms with Crippen LogP contribution in [0.3, 0.4) is 0 Å². The molecule has 0 N–H and O–H groups in total. The van der Waals surface area contributed by atoms with Crippen molar-refractivity contribution in [1.82, 2.24) is 0 Å². The van der Waals surface area contributed by atoms with Crippen LogP contribution in [0.1, 0.15) is 26.3 Å². The van der Waals surface area contributed by atoms with Crippen LogP contribution in [-0.2, 0) is 13.3 Å². The van der Waals surface area contributed by atoms with Crippen molar-refractivity contribution >= 4 is 31.9 Å². The average Bonchev–Trinajstić information content (AvgIpc) is 2.58. The molecule has 0 radical (unpaired) electrons. The number of hydrogen-bond donors (Lipinski definition) is 0. The number of halogens is 4. The summed E-state index contributed by atoms with van der Waals surface area (Å²) in [6, 6.07) is 11.9. The van der Waals surface area contributed by atoms with Gasteiger partial charge in [-0.05, 0) is 0 Å². The van der Waals surface area contributed by atoms with Crippen LogP contribution in [0.4, 0.5) is 18.9 Å². The van der Waals surface area contributed by atoms with Crippen LogP contribution in [0.15, 0.2) is 48.5 Å². The Morgan fingerprint density at radius 2 is 1.41 bits per heavy atom. The van der Waals surface area contributed by atoms with E-state index in [9.17, 15) is 28.1 Å². The van der Waals surface area contributed by atoms with E-state index >= 15 is 0 Å². The standard InChI is InChI=1S/C18H17F3INO4/c1-17(2,3)12-4-6-13(7-5-12)22(27-16(24)18(19,20)21)14-8-10-15(11-9-14)23(25)26/h4-11H,1-3H3. The molecular weight excluding hydrogens is 478 g/mol. The van der Waals surface area contributed by atoms with E-state index in [-0.39, 0.29) is 11.1 Å². The summed E-state index contributed by atoms with van der Waals surface area (Å²) in [6.45, 7) is 6.00. The van der Waals surface area contributed by atoms with Gasteiger partial charge in [-0.15, -0.1) is 0 Å². The van der Waals surface area contributed by atoms with Gasteiger partial charge < -0.3 is 0 Å². The molecule has 0 saturated carbocycles. The molecule has 5 nitrogen and oxygen atoms in total. The number of alkyl halides is 3. The van der Waals surface area contributed by atoms with Crippen molar-refractivity contribution in [3.8, 4) is 0 Å². The van der Waals surface area contributed by atoms with Gasteiger partial charge in [-0.2, -0.15) is 0 Å². The Bertz CT molecular complexity index is 828. The molecule has 0 amide bonds. The first kappa shape index (κ1) is 21.1. The molecular formula is C18H17F3INO4. The minimum atomic E-state index is -5.11. The van der Waals surface area contributed by atoms with Crippen LogP contribution in [0.5, 0.6) is 0 Å². The van der Waals surface area contributed by atoms with Gasteiger partial charge in [0.25, 0.3) is 0 Å². The first-order chi connectivity index (χ1) is 12.4. The van der Waals surface area contributed by atoms with E-state index < -0.39 is 37.3 Å². The fourth-order valence-electron chi connectivity index (χ4n) is 2.07. The zero-order chi connectivity index (χ0) is 20.4. The number of hydrogen-bond acceptors (Lipinski definition) is 4. The van der Waals surface area contributed by atoms with Gasteiger partial charge in [-0.25, -0.2) is 0 Å². The second kappa shape index (κ2) is 7.83. The second-order valence-corrected chi connectivity index (χ2v) is 11.0. The summed E-state index contributed by atoms with van der Waals surface area (Å²) in [5.74, 6) is -2.26. The van der Waals surface area contributed by atoms with Crippen LogP contribution in [0.2, 0.25) is 0 Å². The monoisotopic (exact) mass is 495 g/mol. The van der Waals surface area contributed by atoms with Crippen molar-refractivity contribution in [1.29, 1.82) is 0 Å². The first-order valence-electron chi connectivity index (χ1n) is 7.74. The van der Waals surface area contributed by atoms with E-state index in [1.165, 1.54) is 24.3 Å². The molecule has 0 aliphatic heterocycles. The van der Waals surface area contributed by atoms with Gasteiger partial charge in [0.05, 0.1) is 0 Å². The molecule has 0 aromatic heterocycles. The molecule has 9 heteroatoms. The Labute approximate surface area is 161 Å². The number of nitro benzene ring substituents is 1. The fourth-order valence-corrected chi connectivity index (χ4v) is 5.97. The van der Waals surface area contributed by atoms with E-state index in [0.717, 1.165) is 5.56 Å². The molecule has 0 saturated heterocycles. The van der Waals surface area contributed by atoms with Crippen molar-refractivity contribution in [2.75, 3.05) is 0 Å². The maximum absolute atomic E-state index is 12.7. The fraction of sp³-hybridized carbons (Fsp3) is 0.278. The number of carbonyl (C=O) groups is 1. The topological polar surface area (TPSA) is 69.4 Å². The molecule has 0 spiro atoms. The quantitative estimate of drug-likeness (QED) is 0.321. The Kier molecular flexibility index (Phi) is 6.13. The van der Waals surface area contributed by atoms with Crippen molar-refractivity contribution in [2.45, 2.75) is 32.4 Å². The van der Waals surface area contributed by atoms with Crippen LogP contribution < -0.4 is 0 Å². The SMILES string of the molecule is CC(C)(C)c1ccc(I(OC(=O)C(F)(F)F)c2ccc([N+](=O)[O-])cc2)cc1. The molecule has 0 atom stereocenters. The average molecular weight is 495 g/mol. The summed E-state index contributed by atoms with van der Waals surface area (Å²) in [4.78, 5) is 21.6. The molecule has 27 heavy (non-hydrogen) atoms. The Morgan fingerprint density at radius 3 is 1.78 bits per heavy atom. The third-order valence-electron chi connectivity index (χ3n) is 3.52. The first-order valence-corrected chi connectivity index (χ1v) is 10.8. The maximum atomic E-state index is 12.7. The number of rotatable bonds is 4. The van der Waals surface area contributed by atoms with Crippen molar-refractivity contribution in [3.05, 3.63) is 71.3 Å². The summed E-state index contributed by atoms with van der Waals surface area (Å²) in [5.41, 5.74) is 0.640. The number of nitrogens with zero attached hydrogens (tertiary/aromatic N) is 1. The van der Waals surface area contributed by atoms with Gasteiger partial charge in [0.15, 0.2) is 0 Å². The van der Waals surface area contributed by atoms with Crippen LogP contribution in [0.25, 0.3) is 0 Å². The zero-order valence-electron chi connectivity index (χ0n) is 14.7. The zero-order valence-corrected chi connectivity index (χ0v) is 16.9. The summed E-state index contributed by atoms with van der Waals surface area (Å²) < 4.78 is 43.8. The third kappa shape index (κ3) is 5.41. The molecule has 0 aliphatic rings. The number of benzene rings is 2. The molecule has 0 bridgehead atoms. The third-order valence-corrected chi connectivity index (χ3v) is 8.06. The van der Waals surface area contributed by atoms with E-state index in [4.69, 9.17) is 3.07 Å². The van der Waals surface area contributed by atoms with Gasteiger partial charge in [0, 0.05) is 0 Å². The summed E-state index contributed by atoms with van der Waals surface area (Å²) >= 11 is -3.24. The van der Waals surface area contributed by atoms with Gasteiger partial charge in [-0.1, -0.05) is 0 Å². The van der Waals surface area contributed by atoms with E-state index in [2.05, 4.69) is 0 Å². The molecule has 0 unspecified atom stereocenters. The van der Waals surface area contributed by atoms with Crippen LogP contribution in [0, 0.1) is 17.3 Å². The molecule has 0 aliphatic carbocycles. The van der Waals surface area contributed by atoms with Crippen molar-refractivity contribution in [2.24, 2.45) is 0 Å². The van der Waals surface area contributed by atoms with Gasteiger partial charge in [0.1, 0.15) is 0 Å². The molecule has 2 aromatic rings. The number of carbonyl (C=O) groups excluding carboxylic acids is 1. The molecule has 146 valence electrons. The molecule has 2 rings (SSSR count). The Morgan fingerprint density at radius 1 is 0.963 bits per heavy atom. The van der Waals surface area contributed by atoms with E-state index in [1.54, 1.807) is 24.3 Å². The predicted octanol–water partition coefficient (Wildman–Crippen LogP) is 5.46. The van der Waals surface area contributed by atoms with Crippen LogP contribution >= 0.6 is 20.2 Å². The Balaban J connectivity index is 2.43. The van der Waals surface area contributed by atoms with E-state index in [1.807, 2.05) is 20.8 Å². The predicted molar refractivity (Wildman–Crippen MR) is 102 cm³/mol. The molecule has 2 aromatic carbocycles. The van der Waals surface area contributed by atoms with Crippen LogP contribution in [-0.4, -0.2) is 17.1 Å².